The lowest BCUT2D eigenvalue weighted by atomic mass is 9.92. The van der Waals surface area contributed by atoms with Crippen molar-refractivity contribution in [3.05, 3.63) is 0 Å². The van der Waals surface area contributed by atoms with Crippen LogP contribution in [0.15, 0.2) is 0 Å². The van der Waals surface area contributed by atoms with Crippen molar-refractivity contribution in [3.63, 3.8) is 0 Å². The first-order valence-electron chi connectivity index (χ1n) is 3.86. The molecule has 0 amide bonds. The van der Waals surface area contributed by atoms with Crippen molar-refractivity contribution >= 4 is 0 Å². The molecule has 2 aliphatic carbocycles. The smallest absolute Gasteiger partial charge is 0.0822 e. The molecular weight excluding hydrogens is 114 g/mol. The van der Waals surface area contributed by atoms with Crippen molar-refractivity contribution in [3.8, 4) is 0 Å². The van der Waals surface area contributed by atoms with E-state index in [1.165, 1.54) is 19.3 Å². The summed E-state index contributed by atoms with van der Waals surface area (Å²) in [6, 6.07) is 0.722. The highest BCUT2D eigenvalue weighted by molar-refractivity contribution is 5.04. The van der Waals surface area contributed by atoms with Gasteiger partial charge in [-0.1, -0.05) is 0 Å². The van der Waals surface area contributed by atoms with Gasteiger partial charge in [0.2, 0.25) is 0 Å². The van der Waals surface area contributed by atoms with Gasteiger partial charge in [-0.2, -0.15) is 5.48 Å². The maximum atomic E-state index is 5.38. The van der Waals surface area contributed by atoms with E-state index in [1.54, 1.807) is 0 Å². The van der Waals surface area contributed by atoms with E-state index in [9.17, 15) is 0 Å². The van der Waals surface area contributed by atoms with Gasteiger partial charge in [0, 0.05) is 6.04 Å². The van der Waals surface area contributed by atoms with E-state index < -0.39 is 0 Å². The topological polar surface area (TPSA) is 21.3 Å². The Morgan fingerprint density at radius 1 is 1.22 bits per heavy atom. The van der Waals surface area contributed by atoms with Crippen LogP contribution < -0.4 is 5.48 Å². The van der Waals surface area contributed by atoms with Crippen LogP contribution in [-0.2, 0) is 4.84 Å². The maximum Gasteiger partial charge on any atom is 0.0822 e. The van der Waals surface area contributed by atoms with E-state index in [0.29, 0.717) is 6.10 Å². The largest absolute Gasteiger partial charge is 0.298 e. The van der Waals surface area contributed by atoms with E-state index in [4.69, 9.17) is 4.84 Å². The predicted molar refractivity (Wildman–Crippen MR) is 32.6 cm³/mol. The molecule has 4 aliphatic rings. The highest BCUT2D eigenvalue weighted by Crippen LogP contribution is 2.53. The van der Waals surface area contributed by atoms with Crippen LogP contribution in [-0.4, -0.2) is 12.1 Å². The van der Waals surface area contributed by atoms with Gasteiger partial charge in [0.15, 0.2) is 0 Å². The van der Waals surface area contributed by atoms with E-state index in [-0.39, 0.29) is 0 Å². The minimum atomic E-state index is 0.583. The third-order valence-corrected chi connectivity index (χ3v) is 3.02. The zero-order valence-corrected chi connectivity index (χ0v) is 5.34. The second-order valence-corrected chi connectivity index (χ2v) is 3.52. The summed E-state index contributed by atoms with van der Waals surface area (Å²) in [7, 11) is 0. The summed E-state index contributed by atoms with van der Waals surface area (Å²) >= 11 is 0. The molecule has 1 N–H and O–H groups in total. The average Bonchev–Trinajstić information content (AvgIpc) is 2.68. The van der Waals surface area contributed by atoms with Crippen molar-refractivity contribution in [2.45, 2.75) is 31.4 Å². The second kappa shape index (κ2) is 1.32. The van der Waals surface area contributed by atoms with Crippen molar-refractivity contribution in [2.75, 3.05) is 0 Å². The molecule has 2 nitrogen and oxygen atoms in total. The molecule has 0 radical (unpaired) electrons. The Labute approximate surface area is 54.5 Å². The highest BCUT2D eigenvalue weighted by Gasteiger charge is 2.54. The lowest BCUT2D eigenvalue weighted by molar-refractivity contribution is -0.124. The van der Waals surface area contributed by atoms with Crippen LogP contribution >= 0.6 is 0 Å². The van der Waals surface area contributed by atoms with Gasteiger partial charge in [-0.05, 0) is 31.1 Å². The first-order chi connectivity index (χ1) is 4.45. The fourth-order valence-corrected chi connectivity index (χ4v) is 2.37. The summed E-state index contributed by atoms with van der Waals surface area (Å²) in [4.78, 5) is 5.38. The van der Waals surface area contributed by atoms with Gasteiger partial charge in [-0.3, -0.25) is 4.84 Å². The highest BCUT2D eigenvalue weighted by atomic mass is 16.7. The Morgan fingerprint density at radius 2 is 2.22 bits per heavy atom. The molecular formula is C7H11NO. The maximum absolute atomic E-state index is 5.38. The Hall–Kier alpha value is -0.0800. The van der Waals surface area contributed by atoms with Crippen LogP contribution in [0.5, 0.6) is 0 Å². The van der Waals surface area contributed by atoms with Gasteiger partial charge in [-0.25, -0.2) is 0 Å². The second-order valence-electron chi connectivity index (χ2n) is 3.52. The fourth-order valence-electron chi connectivity index (χ4n) is 2.37. The third kappa shape index (κ3) is 0.485. The Bertz CT molecular complexity index is 124. The molecule has 0 aromatic heterocycles. The van der Waals surface area contributed by atoms with Crippen LogP contribution in [0.4, 0.5) is 0 Å². The molecule has 4 rings (SSSR count). The van der Waals surface area contributed by atoms with Gasteiger partial charge < -0.3 is 0 Å². The molecule has 4 atom stereocenters. The fraction of sp³-hybridized carbons (Fsp3) is 1.00. The molecule has 4 unspecified atom stereocenters. The Balaban J connectivity index is 1.93. The first kappa shape index (κ1) is 4.69. The summed E-state index contributed by atoms with van der Waals surface area (Å²) in [6.07, 6.45) is 4.67. The lowest BCUT2D eigenvalue weighted by Crippen LogP contribution is -2.47. The van der Waals surface area contributed by atoms with Gasteiger partial charge >= 0.3 is 0 Å². The Morgan fingerprint density at radius 3 is 2.67 bits per heavy atom. The number of rotatable bonds is 0. The zero-order chi connectivity index (χ0) is 5.84. The van der Waals surface area contributed by atoms with Crippen molar-refractivity contribution in [2.24, 2.45) is 11.8 Å². The summed E-state index contributed by atoms with van der Waals surface area (Å²) in [5, 5.41) is 0. The van der Waals surface area contributed by atoms with Crippen LogP contribution in [0.2, 0.25) is 0 Å². The average molecular weight is 125 g/mol. The molecule has 4 fully saturated rings. The van der Waals surface area contributed by atoms with Crippen molar-refractivity contribution in [1.82, 2.24) is 5.48 Å². The van der Waals surface area contributed by atoms with Gasteiger partial charge in [0.1, 0.15) is 0 Å². The number of hydrogen-bond acceptors (Lipinski definition) is 2. The predicted octanol–water partition coefficient (Wildman–Crippen LogP) is 0.688. The standard InChI is InChI=1S/C7H11NO/c1-2-7-5-3-4(5)6(1)8-9-7/h4-8H,1-3H2. The number of fused-ring (bicyclic) bond motifs is 2. The van der Waals surface area contributed by atoms with E-state index in [1.807, 2.05) is 0 Å². The SMILES string of the molecule is C1CC2ONC1C1CC21. The summed E-state index contributed by atoms with van der Waals surface area (Å²) in [5.74, 6) is 1.95. The molecule has 50 valence electrons. The van der Waals surface area contributed by atoms with Crippen LogP contribution in [0.25, 0.3) is 0 Å². The summed E-state index contributed by atoms with van der Waals surface area (Å²) < 4.78 is 0. The quantitative estimate of drug-likeness (QED) is 0.514. The molecule has 0 aromatic carbocycles. The van der Waals surface area contributed by atoms with Gasteiger partial charge in [-0.15, -0.1) is 0 Å². The molecule has 2 bridgehead atoms. The first-order valence-corrected chi connectivity index (χ1v) is 3.86. The molecule has 2 heteroatoms. The Kier molecular flexibility index (Phi) is 0.691. The summed E-state index contributed by atoms with van der Waals surface area (Å²) in [5.41, 5.74) is 3.11. The van der Waals surface area contributed by atoms with E-state index in [2.05, 4.69) is 5.48 Å². The van der Waals surface area contributed by atoms with Crippen LogP contribution in [0, 0.1) is 11.8 Å². The van der Waals surface area contributed by atoms with Crippen LogP contribution in [0.1, 0.15) is 19.3 Å². The van der Waals surface area contributed by atoms with Crippen LogP contribution in [0.3, 0.4) is 0 Å². The molecule has 2 saturated carbocycles. The molecule has 2 heterocycles. The minimum absolute atomic E-state index is 0.583. The molecule has 2 saturated heterocycles. The van der Waals surface area contributed by atoms with Gasteiger partial charge in [0.05, 0.1) is 6.10 Å². The van der Waals surface area contributed by atoms with E-state index >= 15 is 0 Å². The monoisotopic (exact) mass is 125 g/mol. The van der Waals surface area contributed by atoms with Gasteiger partial charge in [0.25, 0.3) is 0 Å². The zero-order valence-electron chi connectivity index (χ0n) is 5.34. The number of nitrogens with one attached hydrogen (secondary N) is 1. The molecule has 9 heavy (non-hydrogen) atoms. The molecule has 0 aromatic rings. The van der Waals surface area contributed by atoms with Crippen molar-refractivity contribution < 1.29 is 4.84 Å². The normalized spacial score (nSPS) is 61.3. The minimum Gasteiger partial charge on any atom is -0.298 e. The number of hydroxylamine groups is 1. The molecule has 0 spiro atoms. The van der Waals surface area contributed by atoms with E-state index in [0.717, 1.165) is 17.9 Å². The van der Waals surface area contributed by atoms with Crippen molar-refractivity contribution in [1.29, 1.82) is 0 Å². The lowest BCUT2D eigenvalue weighted by Gasteiger charge is -2.35. The number of hydrogen-bond donors (Lipinski definition) is 1. The molecule has 2 aliphatic heterocycles. The summed E-state index contributed by atoms with van der Waals surface area (Å²) in [6.45, 7) is 0. The third-order valence-electron chi connectivity index (χ3n) is 3.02.